The molecule has 0 saturated carbocycles. The lowest BCUT2D eigenvalue weighted by atomic mass is 10.1. The van der Waals surface area contributed by atoms with Gasteiger partial charge in [-0.15, -0.1) is 0 Å². The second-order valence-electron chi connectivity index (χ2n) is 4.09. The Kier molecular flexibility index (Phi) is 5.66. The number of carbonyl (C=O) groups is 2. The molecule has 2 amide bonds. The van der Waals surface area contributed by atoms with E-state index in [-0.39, 0.29) is 17.7 Å². The van der Waals surface area contributed by atoms with Crippen LogP contribution in [0.2, 0.25) is 0 Å². The maximum Gasteiger partial charge on any atom is 0.224 e. The number of amides is 2. The van der Waals surface area contributed by atoms with Crippen LogP contribution in [0, 0.1) is 5.92 Å². The van der Waals surface area contributed by atoms with Gasteiger partial charge in [0.25, 0.3) is 0 Å². The Morgan fingerprint density at radius 1 is 1.50 bits per heavy atom. The molecule has 1 aliphatic heterocycles. The van der Waals surface area contributed by atoms with Crippen LogP contribution in [0.15, 0.2) is 0 Å². The van der Waals surface area contributed by atoms with E-state index in [0.29, 0.717) is 6.54 Å². The van der Waals surface area contributed by atoms with Gasteiger partial charge in [0.15, 0.2) is 0 Å². The summed E-state index contributed by atoms with van der Waals surface area (Å²) < 4.78 is 0. The summed E-state index contributed by atoms with van der Waals surface area (Å²) >= 11 is 1.79. The predicted octanol–water partition coefficient (Wildman–Crippen LogP) is 0.724. The molecule has 16 heavy (non-hydrogen) atoms. The Balaban J connectivity index is 2.20. The molecule has 0 spiro atoms. The topological polar surface area (TPSA) is 49.4 Å². The number of likely N-dealkylation sites (tertiary alicyclic amines) is 1. The first kappa shape index (κ1) is 13.4. The molecule has 1 saturated heterocycles. The highest BCUT2D eigenvalue weighted by atomic mass is 32.2. The first-order valence-electron chi connectivity index (χ1n) is 5.67. The molecular weight excluding hydrogens is 224 g/mol. The summed E-state index contributed by atoms with van der Waals surface area (Å²) in [6.45, 7) is 3.61. The fourth-order valence-corrected chi connectivity index (χ4v) is 2.27. The highest BCUT2D eigenvalue weighted by molar-refractivity contribution is 7.98. The molecule has 0 aromatic rings. The Bertz CT molecular complexity index is 258. The van der Waals surface area contributed by atoms with Gasteiger partial charge in [0.05, 0.1) is 5.92 Å². The fourth-order valence-electron chi connectivity index (χ4n) is 1.83. The first-order chi connectivity index (χ1) is 7.65. The van der Waals surface area contributed by atoms with E-state index in [9.17, 15) is 9.59 Å². The van der Waals surface area contributed by atoms with Crippen LogP contribution in [0.1, 0.15) is 19.8 Å². The molecule has 0 bridgehead atoms. The van der Waals surface area contributed by atoms with Gasteiger partial charge in [0.1, 0.15) is 0 Å². The van der Waals surface area contributed by atoms with Crippen LogP contribution in [0.3, 0.4) is 0 Å². The second-order valence-corrected chi connectivity index (χ2v) is 5.07. The van der Waals surface area contributed by atoms with Crippen LogP contribution < -0.4 is 5.32 Å². The molecule has 1 aliphatic rings. The van der Waals surface area contributed by atoms with Crippen molar-refractivity contribution >= 4 is 23.6 Å². The van der Waals surface area contributed by atoms with E-state index in [0.717, 1.165) is 31.7 Å². The van der Waals surface area contributed by atoms with Gasteiger partial charge in [-0.1, -0.05) is 0 Å². The first-order valence-corrected chi connectivity index (χ1v) is 7.06. The zero-order valence-electron chi connectivity index (χ0n) is 9.99. The van der Waals surface area contributed by atoms with Gasteiger partial charge < -0.3 is 10.2 Å². The van der Waals surface area contributed by atoms with E-state index < -0.39 is 0 Å². The number of rotatable bonds is 5. The summed E-state index contributed by atoms with van der Waals surface area (Å²) in [5.74, 6) is 1.24. The van der Waals surface area contributed by atoms with Crippen LogP contribution in [0.5, 0.6) is 0 Å². The van der Waals surface area contributed by atoms with Crippen LogP contribution >= 0.6 is 11.8 Å². The van der Waals surface area contributed by atoms with Gasteiger partial charge >= 0.3 is 0 Å². The maximum atomic E-state index is 11.7. The molecule has 1 fully saturated rings. The number of hydrogen-bond donors (Lipinski definition) is 1. The van der Waals surface area contributed by atoms with Crippen molar-refractivity contribution < 1.29 is 9.59 Å². The van der Waals surface area contributed by atoms with E-state index in [1.54, 1.807) is 23.6 Å². The molecule has 1 rings (SSSR count). The average molecular weight is 244 g/mol. The molecular formula is C11H20N2O2S. The number of carbonyl (C=O) groups excluding carboxylic acids is 2. The van der Waals surface area contributed by atoms with Gasteiger partial charge in [0.2, 0.25) is 11.8 Å². The van der Waals surface area contributed by atoms with Crippen molar-refractivity contribution in [3.8, 4) is 0 Å². The number of thioether (sulfide) groups is 1. The lowest BCUT2D eigenvalue weighted by Crippen LogP contribution is -2.34. The fraction of sp³-hybridized carbons (Fsp3) is 0.818. The summed E-state index contributed by atoms with van der Waals surface area (Å²) in [5, 5.41) is 2.93. The average Bonchev–Trinajstić information content (AvgIpc) is 2.73. The van der Waals surface area contributed by atoms with Crippen molar-refractivity contribution in [2.45, 2.75) is 19.8 Å². The molecule has 5 heteroatoms. The molecule has 1 heterocycles. The smallest absolute Gasteiger partial charge is 0.224 e. The van der Waals surface area contributed by atoms with Crippen LogP contribution in [-0.4, -0.2) is 48.4 Å². The highest BCUT2D eigenvalue weighted by Crippen LogP contribution is 2.16. The summed E-state index contributed by atoms with van der Waals surface area (Å²) in [5.41, 5.74) is 0. The van der Waals surface area contributed by atoms with Crippen LogP contribution in [0.4, 0.5) is 0 Å². The molecule has 0 aliphatic carbocycles. The van der Waals surface area contributed by atoms with Crippen LogP contribution in [-0.2, 0) is 9.59 Å². The quantitative estimate of drug-likeness (QED) is 0.725. The van der Waals surface area contributed by atoms with E-state index in [1.807, 2.05) is 0 Å². The summed E-state index contributed by atoms with van der Waals surface area (Å²) in [6.07, 6.45) is 3.87. The van der Waals surface area contributed by atoms with Crippen molar-refractivity contribution in [2.24, 2.45) is 5.92 Å². The summed E-state index contributed by atoms with van der Waals surface area (Å²) in [7, 11) is 0. The Labute approximate surface area is 101 Å². The highest BCUT2D eigenvalue weighted by Gasteiger charge is 2.29. The maximum absolute atomic E-state index is 11.7. The van der Waals surface area contributed by atoms with Crippen molar-refractivity contribution in [1.29, 1.82) is 0 Å². The number of nitrogens with zero attached hydrogens (tertiary/aromatic N) is 1. The molecule has 1 atom stereocenters. The predicted molar refractivity (Wildman–Crippen MR) is 66.4 cm³/mol. The molecule has 0 aromatic carbocycles. The standard InChI is InChI=1S/C11H20N2O2S/c1-9(14)13-6-4-10(8-13)11(15)12-5-3-7-16-2/h10H,3-8H2,1-2H3,(H,12,15). The largest absolute Gasteiger partial charge is 0.356 e. The molecule has 0 aromatic heterocycles. The summed E-state index contributed by atoms with van der Waals surface area (Å²) in [4.78, 5) is 24.6. The normalized spacial score (nSPS) is 19.9. The van der Waals surface area contributed by atoms with Gasteiger partial charge in [-0.05, 0) is 24.9 Å². The second kappa shape index (κ2) is 6.78. The van der Waals surface area contributed by atoms with E-state index in [4.69, 9.17) is 0 Å². The van der Waals surface area contributed by atoms with Crippen molar-refractivity contribution in [3.63, 3.8) is 0 Å². The van der Waals surface area contributed by atoms with Crippen molar-refractivity contribution in [2.75, 3.05) is 31.6 Å². The van der Waals surface area contributed by atoms with Gasteiger partial charge in [-0.3, -0.25) is 9.59 Å². The minimum atomic E-state index is -0.00169. The van der Waals surface area contributed by atoms with Gasteiger partial charge in [-0.2, -0.15) is 11.8 Å². The zero-order valence-corrected chi connectivity index (χ0v) is 10.8. The third-order valence-electron chi connectivity index (χ3n) is 2.83. The number of hydrogen-bond acceptors (Lipinski definition) is 3. The van der Waals surface area contributed by atoms with Crippen LogP contribution in [0.25, 0.3) is 0 Å². The molecule has 1 N–H and O–H groups in total. The summed E-state index contributed by atoms with van der Waals surface area (Å²) in [6, 6.07) is 0. The molecule has 92 valence electrons. The van der Waals surface area contributed by atoms with E-state index >= 15 is 0 Å². The lowest BCUT2D eigenvalue weighted by Gasteiger charge is -2.13. The van der Waals surface area contributed by atoms with E-state index in [1.165, 1.54) is 0 Å². The minimum absolute atomic E-state index is 0.00169. The molecule has 4 nitrogen and oxygen atoms in total. The Morgan fingerprint density at radius 2 is 2.25 bits per heavy atom. The Hall–Kier alpha value is -0.710. The van der Waals surface area contributed by atoms with Gasteiger partial charge in [-0.25, -0.2) is 0 Å². The van der Waals surface area contributed by atoms with Crippen molar-refractivity contribution in [1.82, 2.24) is 10.2 Å². The zero-order chi connectivity index (χ0) is 12.0. The Morgan fingerprint density at radius 3 is 2.81 bits per heavy atom. The monoisotopic (exact) mass is 244 g/mol. The SMILES string of the molecule is CSCCCNC(=O)C1CCN(C(C)=O)C1. The molecule has 1 unspecified atom stereocenters. The van der Waals surface area contributed by atoms with Gasteiger partial charge in [0, 0.05) is 26.6 Å². The lowest BCUT2D eigenvalue weighted by molar-refractivity contribution is -0.128. The number of nitrogens with one attached hydrogen (secondary N) is 1. The van der Waals surface area contributed by atoms with Crippen molar-refractivity contribution in [3.05, 3.63) is 0 Å². The third-order valence-corrected chi connectivity index (χ3v) is 3.53. The third kappa shape index (κ3) is 4.04. The molecule has 0 radical (unpaired) electrons. The van der Waals surface area contributed by atoms with E-state index in [2.05, 4.69) is 11.6 Å². The minimum Gasteiger partial charge on any atom is -0.356 e.